The molecule has 0 aromatic heterocycles. The smallest absolute Gasteiger partial charge is 0.0342 e. The number of rotatable bonds is 1. The highest BCUT2D eigenvalue weighted by Crippen LogP contribution is 2.03. The van der Waals surface area contributed by atoms with Gasteiger partial charge >= 0.3 is 0 Å². The van der Waals surface area contributed by atoms with Crippen LogP contribution in [0.2, 0.25) is 0 Å². The summed E-state index contributed by atoms with van der Waals surface area (Å²) in [6.45, 7) is 8.33. The zero-order valence-electron chi connectivity index (χ0n) is 6.95. The van der Waals surface area contributed by atoms with Crippen molar-refractivity contribution in [3.05, 3.63) is 11.1 Å². The van der Waals surface area contributed by atoms with Crippen molar-refractivity contribution in [1.29, 1.82) is 0 Å². The van der Waals surface area contributed by atoms with Crippen molar-refractivity contribution >= 4 is 5.71 Å². The molecule has 52 valence electrons. The molecule has 0 aromatic rings. The lowest BCUT2D eigenvalue weighted by Crippen LogP contribution is -1.94. The molecule has 0 heterocycles. The highest BCUT2D eigenvalue weighted by atomic mass is 14.7. The second kappa shape index (κ2) is 3.44. The van der Waals surface area contributed by atoms with Crippen molar-refractivity contribution in [1.82, 2.24) is 0 Å². The molecule has 1 nitrogen and oxygen atoms in total. The van der Waals surface area contributed by atoms with E-state index in [0.717, 1.165) is 5.71 Å². The maximum atomic E-state index is 4.07. The molecular formula is C8H15N. The van der Waals surface area contributed by atoms with Gasteiger partial charge < -0.3 is 0 Å². The van der Waals surface area contributed by atoms with Gasteiger partial charge in [-0.1, -0.05) is 5.57 Å². The Hall–Kier alpha value is -0.590. The topological polar surface area (TPSA) is 12.4 Å². The van der Waals surface area contributed by atoms with Gasteiger partial charge in [-0.25, -0.2) is 0 Å². The summed E-state index contributed by atoms with van der Waals surface area (Å²) in [7, 11) is 1.82. The third-order valence-electron chi connectivity index (χ3n) is 1.63. The predicted octanol–water partition coefficient (Wildman–Crippen LogP) is 2.43. The minimum atomic E-state index is 1.13. The van der Waals surface area contributed by atoms with E-state index in [1.165, 1.54) is 11.1 Å². The molecule has 0 aliphatic heterocycles. The second-order valence-electron chi connectivity index (χ2n) is 2.43. The third-order valence-corrected chi connectivity index (χ3v) is 1.63. The van der Waals surface area contributed by atoms with Crippen LogP contribution in [0.5, 0.6) is 0 Å². The van der Waals surface area contributed by atoms with Gasteiger partial charge in [-0.15, -0.1) is 0 Å². The van der Waals surface area contributed by atoms with Gasteiger partial charge in [-0.3, -0.25) is 4.99 Å². The molecular weight excluding hydrogens is 110 g/mol. The van der Waals surface area contributed by atoms with Crippen molar-refractivity contribution in [3.8, 4) is 0 Å². The normalized spacial score (nSPS) is 11.4. The van der Waals surface area contributed by atoms with Gasteiger partial charge in [-0.2, -0.15) is 0 Å². The third kappa shape index (κ3) is 2.45. The Bertz CT molecular complexity index is 148. The summed E-state index contributed by atoms with van der Waals surface area (Å²) >= 11 is 0. The fourth-order valence-corrected chi connectivity index (χ4v) is 0.530. The largest absolute Gasteiger partial charge is 0.293 e. The Morgan fingerprint density at radius 1 is 1.00 bits per heavy atom. The van der Waals surface area contributed by atoms with E-state index in [0.29, 0.717) is 0 Å². The van der Waals surface area contributed by atoms with Crippen LogP contribution in [0.1, 0.15) is 27.7 Å². The lowest BCUT2D eigenvalue weighted by atomic mass is 10.1. The first-order valence-electron chi connectivity index (χ1n) is 3.17. The van der Waals surface area contributed by atoms with Crippen LogP contribution in [-0.4, -0.2) is 12.8 Å². The van der Waals surface area contributed by atoms with Crippen LogP contribution >= 0.6 is 0 Å². The Kier molecular flexibility index (Phi) is 3.21. The van der Waals surface area contributed by atoms with Crippen LogP contribution in [-0.2, 0) is 0 Å². The van der Waals surface area contributed by atoms with Gasteiger partial charge in [0.1, 0.15) is 0 Å². The number of hydrogen-bond donors (Lipinski definition) is 0. The Labute approximate surface area is 57.5 Å². The van der Waals surface area contributed by atoms with Gasteiger partial charge in [0.05, 0.1) is 0 Å². The molecule has 0 aliphatic rings. The standard InChI is InChI=1S/C8H15N/c1-6(2)7(3)8(4)9-5/h1-5H3/b9-8+. The molecule has 0 rings (SSSR count). The molecule has 0 atom stereocenters. The Balaban J connectivity index is 4.40. The van der Waals surface area contributed by atoms with E-state index >= 15 is 0 Å². The van der Waals surface area contributed by atoms with Crippen molar-refractivity contribution < 1.29 is 0 Å². The summed E-state index contributed by atoms with van der Waals surface area (Å²) in [6.07, 6.45) is 0. The first-order chi connectivity index (χ1) is 4.09. The Morgan fingerprint density at radius 2 is 1.44 bits per heavy atom. The van der Waals surface area contributed by atoms with E-state index in [2.05, 4.69) is 25.8 Å². The second-order valence-corrected chi connectivity index (χ2v) is 2.43. The molecule has 0 radical (unpaired) electrons. The molecule has 9 heavy (non-hydrogen) atoms. The number of allylic oxidation sites excluding steroid dienone is 2. The first-order valence-corrected chi connectivity index (χ1v) is 3.17. The molecule has 0 N–H and O–H groups in total. The number of nitrogens with zero attached hydrogens (tertiary/aromatic N) is 1. The van der Waals surface area contributed by atoms with Crippen molar-refractivity contribution in [2.75, 3.05) is 7.05 Å². The molecule has 0 bridgehead atoms. The van der Waals surface area contributed by atoms with E-state index in [1.54, 1.807) is 0 Å². The minimum absolute atomic E-state index is 1.13. The van der Waals surface area contributed by atoms with Crippen LogP contribution in [0.3, 0.4) is 0 Å². The predicted molar refractivity (Wildman–Crippen MR) is 43.1 cm³/mol. The van der Waals surface area contributed by atoms with Gasteiger partial charge in [0.15, 0.2) is 0 Å². The fourth-order valence-electron chi connectivity index (χ4n) is 0.530. The maximum absolute atomic E-state index is 4.07. The zero-order valence-corrected chi connectivity index (χ0v) is 6.95. The first kappa shape index (κ1) is 8.41. The quantitative estimate of drug-likeness (QED) is 0.477. The van der Waals surface area contributed by atoms with Gasteiger partial charge in [0.2, 0.25) is 0 Å². The van der Waals surface area contributed by atoms with Crippen LogP contribution in [0, 0.1) is 0 Å². The highest BCUT2D eigenvalue weighted by molar-refractivity contribution is 5.98. The molecule has 0 unspecified atom stereocenters. The SMILES string of the molecule is C/N=C(\C)C(C)=C(C)C. The summed E-state index contributed by atoms with van der Waals surface area (Å²) in [6, 6.07) is 0. The summed E-state index contributed by atoms with van der Waals surface area (Å²) in [4.78, 5) is 4.07. The van der Waals surface area contributed by atoms with Crippen molar-refractivity contribution in [2.24, 2.45) is 4.99 Å². The van der Waals surface area contributed by atoms with E-state index in [1.807, 2.05) is 14.0 Å². The minimum Gasteiger partial charge on any atom is -0.293 e. The lowest BCUT2D eigenvalue weighted by molar-refractivity contribution is 1.29. The monoisotopic (exact) mass is 125 g/mol. The van der Waals surface area contributed by atoms with Gasteiger partial charge in [0, 0.05) is 12.8 Å². The molecule has 0 fully saturated rings. The molecule has 0 spiro atoms. The lowest BCUT2D eigenvalue weighted by Gasteiger charge is -2.00. The average Bonchev–Trinajstić information content (AvgIpc) is 1.84. The molecule has 0 aromatic carbocycles. The highest BCUT2D eigenvalue weighted by Gasteiger charge is 1.93. The van der Waals surface area contributed by atoms with Crippen molar-refractivity contribution in [2.45, 2.75) is 27.7 Å². The van der Waals surface area contributed by atoms with Crippen LogP contribution in [0.15, 0.2) is 16.1 Å². The molecule has 0 aliphatic carbocycles. The molecule has 0 saturated heterocycles. The summed E-state index contributed by atoms with van der Waals surface area (Å²) in [5.74, 6) is 0. The Morgan fingerprint density at radius 3 is 1.56 bits per heavy atom. The average molecular weight is 125 g/mol. The van der Waals surface area contributed by atoms with E-state index in [9.17, 15) is 0 Å². The van der Waals surface area contributed by atoms with Crippen molar-refractivity contribution in [3.63, 3.8) is 0 Å². The molecule has 1 heteroatoms. The summed E-state index contributed by atoms with van der Waals surface area (Å²) < 4.78 is 0. The number of hydrogen-bond acceptors (Lipinski definition) is 1. The van der Waals surface area contributed by atoms with Gasteiger partial charge in [0.25, 0.3) is 0 Å². The molecule has 0 saturated carbocycles. The summed E-state index contributed by atoms with van der Waals surface area (Å²) in [5.41, 5.74) is 3.78. The summed E-state index contributed by atoms with van der Waals surface area (Å²) in [5, 5.41) is 0. The fraction of sp³-hybridized carbons (Fsp3) is 0.625. The van der Waals surface area contributed by atoms with E-state index in [4.69, 9.17) is 0 Å². The van der Waals surface area contributed by atoms with Crippen LogP contribution in [0.25, 0.3) is 0 Å². The van der Waals surface area contributed by atoms with Crippen LogP contribution in [0.4, 0.5) is 0 Å². The molecule has 0 amide bonds. The van der Waals surface area contributed by atoms with Gasteiger partial charge in [-0.05, 0) is 33.3 Å². The maximum Gasteiger partial charge on any atom is 0.0342 e. The van der Waals surface area contributed by atoms with Crippen LogP contribution < -0.4 is 0 Å². The van der Waals surface area contributed by atoms with E-state index in [-0.39, 0.29) is 0 Å². The van der Waals surface area contributed by atoms with E-state index < -0.39 is 0 Å². The zero-order chi connectivity index (χ0) is 7.44. The number of aliphatic imine (C=N–C) groups is 1.